The highest BCUT2D eigenvalue weighted by Gasteiger charge is 2.53. The minimum atomic E-state index is -4.74. The number of hydrogen-bond acceptors (Lipinski definition) is 5. The number of Topliss-reactive ketones (excluding diaryl/α,β-unsaturated/α-hetero) is 2. The van der Waals surface area contributed by atoms with Gasteiger partial charge in [0.25, 0.3) is 5.88 Å². The van der Waals surface area contributed by atoms with Crippen LogP contribution in [0.15, 0.2) is 30.5 Å². The lowest BCUT2D eigenvalue weighted by Crippen LogP contribution is -2.58. The molecule has 0 unspecified atom stereocenters. The molecule has 0 spiro atoms. The maximum Gasteiger partial charge on any atom is 0.417 e. The predicted molar refractivity (Wildman–Crippen MR) is 107 cm³/mol. The summed E-state index contributed by atoms with van der Waals surface area (Å²) in [4.78, 5) is 29.6. The molecule has 1 aromatic carbocycles. The van der Waals surface area contributed by atoms with Gasteiger partial charge in [-0.1, -0.05) is 13.0 Å². The van der Waals surface area contributed by atoms with Crippen LogP contribution in [0.5, 0.6) is 11.6 Å². The molecule has 1 aromatic heterocycles. The van der Waals surface area contributed by atoms with Crippen molar-refractivity contribution in [1.82, 2.24) is 4.98 Å². The molecule has 0 bridgehead atoms. The van der Waals surface area contributed by atoms with E-state index in [4.69, 9.17) is 9.47 Å². The van der Waals surface area contributed by atoms with Gasteiger partial charge in [0.05, 0.1) is 5.56 Å². The number of benzene rings is 1. The zero-order chi connectivity index (χ0) is 24.1. The Morgan fingerprint density at radius 1 is 1.06 bits per heavy atom. The predicted octanol–water partition coefficient (Wildman–Crippen LogP) is 5.40. The molecule has 0 amide bonds. The van der Waals surface area contributed by atoms with Crippen molar-refractivity contribution in [3.63, 3.8) is 0 Å². The Morgan fingerprint density at radius 3 is 2.16 bits per heavy atom. The maximum atomic E-state index is 14.2. The highest BCUT2D eigenvalue weighted by Crippen LogP contribution is 2.41. The van der Waals surface area contributed by atoms with Crippen LogP contribution in [-0.2, 0) is 26.9 Å². The first kappa shape index (κ1) is 23.8. The lowest BCUT2D eigenvalue weighted by Gasteiger charge is -2.43. The third-order valence-corrected chi connectivity index (χ3v) is 5.38. The van der Waals surface area contributed by atoms with Crippen molar-refractivity contribution in [2.75, 3.05) is 0 Å². The molecule has 2 heterocycles. The van der Waals surface area contributed by atoms with Crippen LogP contribution < -0.4 is 4.74 Å². The molecule has 0 aliphatic carbocycles. The Labute approximate surface area is 182 Å². The van der Waals surface area contributed by atoms with E-state index in [1.165, 1.54) is 12.1 Å². The average Bonchev–Trinajstić information content (AvgIpc) is 2.67. The van der Waals surface area contributed by atoms with Crippen LogP contribution >= 0.6 is 0 Å². The number of aromatic nitrogens is 1. The smallest absolute Gasteiger partial charge is 0.417 e. The summed E-state index contributed by atoms with van der Waals surface area (Å²) < 4.78 is 63.5. The molecule has 0 radical (unpaired) electrons. The number of carbonyl (C=O) groups excluding carboxylic acids is 2. The molecule has 9 heteroatoms. The topological polar surface area (TPSA) is 65.5 Å². The van der Waals surface area contributed by atoms with Gasteiger partial charge < -0.3 is 9.47 Å². The van der Waals surface area contributed by atoms with Gasteiger partial charge in [0, 0.05) is 6.20 Å². The minimum absolute atomic E-state index is 0.0334. The summed E-state index contributed by atoms with van der Waals surface area (Å²) in [5.74, 6) is -3.89. The normalized spacial score (nSPS) is 18.7. The summed E-state index contributed by atoms with van der Waals surface area (Å²) in [5.41, 5.74) is -2.58. The molecule has 1 aliphatic heterocycles. The van der Waals surface area contributed by atoms with E-state index in [0.29, 0.717) is 29.8 Å². The Morgan fingerprint density at radius 2 is 1.66 bits per heavy atom. The largest absolute Gasteiger partial charge is 0.436 e. The van der Waals surface area contributed by atoms with Crippen molar-refractivity contribution in [2.45, 2.75) is 64.3 Å². The number of rotatable bonds is 4. The number of ketones is 2. The zero-order valence-electron chi connectivity index (χ0n) is 18.3. The standard InChI is InChI=1S/C23H23F4NO4/c1-6-12-7-8-14(31-20-16(24)9-13(11-28-20)23(25,26)27)10-15(12)17-18(29)21(2,3)32-22(4,5)19(17)30/h7-11,17H,6H2,1-5H3. The first-order valence-electron chi connectivity index (χ1n) is 9.99. The summed E-state index contributed by atoms with van der Waals surface area (Å²) in [7, 11) is 0. The van der Waals surface area contributed by atoms with Gasteiger partial charge in [-0.15, -0.1) is 0 Å². The molecular formula is C23H23F4NO4. The molecule has 2 aromatic rings. The van der Waals surface area contributed by atoms with E-state index in [2.05, 4.69) is 4.98 Å². The van der Waals surface area contributed by atoms with Crippen molar-refractivity contribution < 1.29 is 36.6 Å². The first-order valence-corrected chi connectivity index (χ1v) is 9.99. The van der Waals surface area contributed by atoms with Gasteiger partial charge in [-0.2, -0.15) is 13.2 Å². The Hall–Kier alpha value is -2.81. The van der Waals surface area contributed by atoms with Crippen molar-refractivity contribution in [1.29, 1.82) is 0 Å². The summed E-state index contributed by atoms with van der Waals surface area (Å²) >= 11 is 0. The monoisotopic (exact) mass is 453 g/mol. The number of hydrogen-bond donors (Lipinski definition) is 0. The number of ether oxygens (including phenoxy) is 2. The Balaban J connectivity index is 2.03. The molecule has 0 N–H and O–H groups in total. The third kappa shape index (κ3) is 4.39. The summed E-state index contributed by atoms with van der Waals surface area (Å²) in [6.07, 6.45) is -3.77. The second-order valence-corrected chi connectivity index (χ2v) is 8.61. The summed E-state index contributed by atoms with van der Waals surface area (Å²) in [6, 6.07) is 4.82. The van der Waals surface area contributed by atoms with Gasteiger partial charge in [-0.05, 0) is 63.4 Å². The van der Waals surface area contributed by atoms with Crippen LogP contribution in [-0.4, -0.2) is 27.8 Å². The van der Waals surface area contributed by atoms with E-state index in [1.54, 1.807) is 33.8 Å². The van der Waals surface area contributed by atoms with Gasteiger partial charge in [0.2, 0.25) is 0 Å². The van der Waals surface area contributed by atoms with E-state index in [0.717, 1.165) is 0 Å². The van der Waals surface area contributed by atoms with Crippen molar-refractivity contribution >= 4 is 11.6 Å². The number of pyridine rings is 1. The molecule has 0 saturated carbocycles. The SMILES string of the molecule is CCc1ccc(Oc2ncc(C(F)(F)F)cc2F)cc1C1C(=O)C(C)(C)OC(C)(C)C1=O. The molecule has 1 fully saturated rings. The van der Waals surface area contributed by atoms with E-state index in [-0.39, 0.29) is 5.75 Å². The molecule has 32 heavy (non-hydrogen) atoms. The number of nitrogens with zero attached hydrogens (tertiary/aromatic N) is 1. The van der Waals surface area contributed by atoms with Crippen LogP contribution in [0.2, 0.25) is 0 Å². The highest BCUT2D eigenvalue weighted by atomic mass is 19.4. The third-order valence-electron chi connectivity index (χ3n) is 5.38. The molecule has 5 nitrogen and oxygen atoms in total. The summed E-state index contributed by atoms with van der Waals surface area (Å²) in [6.45, 7) is 8.20. The van der Waals surface area contributed by atoms with E-state index >= 15 is 0 Å². The highest BCUT2D eigenvalue weighted by molar-refractivity contribution is 6.15. The number of carbonyl (C=O) groups is 2. The van der Waals surface area contributed by atoms with Crippen molar-refractivity contribution in [2.24, 2.45) is 0 Å². The molecule has 1 saturated heterocycles. The van der Waals surface area contributed by atoms with Crippen LogP contribution in [0, 0.1) is 5.82 Å². The van der Waals surface area contributed by atoms with Crippen LogP contribution in [0.3, 0.4) is 0 Å². The molecule has 0 atom stereocenters. The Kier molecular flexibility index (Phi) is 5.93. The quantitative estimate of drug-likeness (QED) is 0.458. The Bertz CT molecular complexity index is 1050. The zero-order valence-corrected chi connectivity index (χ0v) is 18.3. The van der Waals surface area contributed by atoms with Gasteiger partial charge in [-0.25, -0.2) is 9.37 Å². The van der Waals surface area contributed by atoms with E-state index in [1.807, 2.05) is 6.92 Å². The van der Waals surface area contributed by atoms with Gasteiger partial charge >= 0.3 is 6.18 Å². The van der Waals surface area contributed by atoms with Crippen molar-refractivity contribution in [3.8, 4) is 11.6 Å². The van der Waals surface area contributed by atoms with Gasteiger partial charge in [0.1, 0.15) is 22.9 Å². The fourth-order valence-electron chi connectivity index (χ4n) is 3.83. The fourth-order valence-corrected chi connectivity index (χ4v) is 3.83. The van der Waals surface area contributed by atoms with Gasteiger partial charge in [-0.3, -0.25) is 9.59 Å². The van der Waals surface area contributed by atoms with Crippen LogP contribution in [0.1, 0.15) is 57.2 Å². The maximum absolute atomic E-state index is 14.2. The van der Waals surface area contributed by atoms with Crippen LogP contribution in [0.25, 0.3) is 0 Å². The van der Waals surface area contributed by atoms with Crippen molar-refractivity contribution in [3.05, 3.63) is 53.0 Å². The summed E-state index contributed by atoms with van der Waals surface area (Å²) in [5, 5.41) is 0. The number of aryl methyl sites for hydroxylation is 1. The number of halogens is 4. The average molecular weight is 453 g/mol. The molecule has 1 aliphatic rings. The fraction of sp³-hybridized carbons (Fsp3) is 0.435. The second-order valence-electron chi connectivity index (χ2n) is 8.61. The first-order chi connectivity index (χ1) is 14.7. The second kappa shape index (κ2) is 7.95. The minimum Gasteiger partial charge on any atom is -0.436 e. The molecular weight excluding hydrogens is 430 g/mol. The molecule has 172 valence electrons. The lowest BCUT2D eigenvalue weighted by molar-refractivity contribution is -0.184. The van der Waals surface area contributed by atoms with E-state index < -0.39 is 52.1 Å². The molecule has 3 rings (SSSR count). The number of alkyl halides is 3. The van der Waals surface area contributed by atoms with E-state index in [9.17, 15) is 27.2 Å². The van der Waals surface area contributed by atoms with Gasteiger partial charge in [0.15, 0.2) is 17.4 Å². The van der Waals surface area contributed by atoms with Crippen LogP contribution in [0.4, 0.5) is 17.6 Å². The lowest BCUT2D eigenvalue weighted by atomic mass is 9.73.